The fourth-order valence-corrected chi connectivity index (χ4v) is 3.90. The highest BCUT2D eigenvalue weighted by atomic mass is 32.2. The van der Waals surface area contributed by atoms with E-state index in [4.69, 9.17) is 0 Å². The molecule has 7 heteroatoms. The molecule has 1 fully saturated rings. The number of nitrogens with one attached hydrogen (secondary N) is 1. The molecule has 122 valence electrons. The molecule has 1 aliphatic rings. The zero-order valence-electron chi connectivity index (χ0n) is 12.9. The van der Waals surface area contributed by atoms with Gasteiger partial charge in [-0.25, -0.2) is 13.2 Å². The molecule has 1 unspecified atom stereocenters. The molecule has 1 N–H and O–H groups in total. The summed E-state index contributed by atoms with van der Waals surface area (Å²) in [4.78, 5) is 18.1. The Bertz CT molecular complexity index is 589. The molecule has 0 saturated carbocycles. The number of urea groups is 1. The molecule has 0 aromatic carbocycles. The van der Waals surface area contributed by atoms with Gasteiger partial charge in [0.25, 0.3) is 0 Å². The molecule has 0 spiro atoms. The fourth-order valence-electron chi connectivity index (χ4n) is 2.77. The number of piperidine rings is 1. The van der Waals surface area contributed by atoms with Crippen LogP contribution >= 0.6 is 0 Å². The van der Waals surface area contributed by atoms with Gasteiger partial charge in [-0.1, -0.05) is 6.07 Å². The van der Waals surface area contributed by atoms with E-state index in [2.05, 4.69) is 10.3 Å². The zero-order valence-corrected chi connectivity index (χ0v) is 13.7. The topological polar surface area (TPSA) is 79.4 Å². The molecular formula is C15H23N3O3S. The van der Waals surface area contributed by atoms with Crippen LogP contribution in [0.25, 0.3) is 0 Å². The first-order valence-electron chi connectivity index (χ1n) is 7.54. The summed E-state index contributed by atoms with van der Waals surface area (Å²) < 4.78 is 22.8. The number of aromatic nitrogens is 1. The summed E-state index contributed by atoms with van der Waals surface area (Å²) in [5.74, 6) is 0.204. The quantitative estimate of drug-likeness (QED) is 0.879. The summed E-state index contributed by atoms with van der Waals surface area (Å²) in [5, 5.41) is 2.88. The van der Waals surface area contributed by atoms with Gasteiger partial charge in [0.1, 0.15) is 9.84 Å². The van der Waals surface area contributed by atoms with Crippen molar-refractivity contribution < 1.29 is 13.2 Å². The largest absolute Gasteiger partial charge is 0.338 e. The number of sulfone groups is 1. The van der Waals surface area contributed by atoms with Crippen LogP contribution in [-0.2, 0) is 16.3 Å². The first kappa shape index (κ1) is 16.7. The molecule has 0 bridgehead atoms. The van der Waals surface area contributed by atoms with E-state index < -0.39 is 9.84 Å². The van der Waals surface area contributed by atoms with Gasteiger partial charge in [-0.3, -0.25) is 4.98 Å². The predicted octanol–water partition coefficient (Wildman–Crippen LogP) is 1.09. The molecular weight excluding hydrogens is 302 g/mol. The van der Waals surface area contributed by atoms with Crippen LogP contribution in [0.3, 0.4) is 0 Å². The van der Waals surface area contributed by atoms with E-state index in [-0.39, 0.29) is 17.7 Å². The normalized spacial score (nSPS) is 19.0. The molecule has 0 radical (unpaired) electrons. The Morgan fingerprint density at radius 1 is 1.45 bits per heavy atom. The summed E-state index contributed by atoms with van der Waals surface area (Å²) >= 11 is 0. The highest BCUT2D eigenvalue weighted by molar-refractivity contribution is 7.90. The van der Waals surface area contributed by atoms with Crippen LogP contribution in [0.5, 0.6) is 0 Å². The third-order valence-electron chi connectivity index (χ3n) is 3.73. The van der Waals surface area contributed by atoms with Gasteiger partial charge in [0, 0.05) is 44.2 Å². The molecule has 1 aromatic rings. The van der Waals surface area contributed by atoms with Gasteiger partial charge >= 0.3 is 6.03 Å². The average Bonchev–Trinajstić information content (AvgIpc) is 2.47. The van der Waals surface area contributed by atoms with Crippen LogP contribution in [0, 0.1) is 5.92 Å². The van der Waals surface area contributed by atoms with E-state index >= 15 is 0 Å². The van der Waals surface area contributed by atoms with Crippen molar-refractivity contribution in [2.45, 2.75) is 19.3 Å². The minimum absolute atomic E-state index is 0.0466. The van der Waals surface area contributed by atoms with Gasteiger partial charge < -0.3 is 10.2 Å². The van der Waals surface area contributed by atoms with Gasteiger partial charge in [-0.15, -0.1) is 0 Å². The van der Waals surface area contributed by atoms with Crippen molar-refractivity contribution in [1.29, 1.82) is 0 Å². The average molecular weight is 325 g/mol. The van der Waals surface area contributed by atoms with Crippen molar-refractivity contribution in [2.24, 2.45) is 5.92 Å². The summed E-state index contributed by atoms with van der Waals surface area (Å²) in [7, 11) is -2.99. The lowest BCUT2D eigenvalue weighted by Crippen LogP contribution is -2.47. The van der Waals surface area contributed by atoms with Gasteiger partial charge in [-0.05, 0) is 30.9 Å². The second-order valence-corrected chi connectivity index (χ2v) is 8.03. The first-order chi connectivity index (χ1) is 10.4. The number of carbonyl (C=O) groups excluding carboxylic acids is 1. The van der Waals surface area contributed by atoms with Crippen LogP contribution in [0.2, 0.25) is 0 Å². The maximum Gasteiger partial charge on any atom is 0.317 e. The monoisotopic (exact) mass is 325 g/mol. The first-order valence-corrected chi connectivity index (χ1v) is 9.60. The Morgan fingerprint density at radius 2 is 2.27 bits per heavy atom. The summed E-state index contributed by atoms with van der Waals surface area (Å²) in [6.07, 6.45) is 5.39. The predicted molar refractivity (Wildman–Crippen MR) is 85.3 cm³/mol. The SMILES string of the molecule is CS(=O)(=O)CC1CCCN(C(=O)NCCc2ccccn2)C1. The highest BCUT2D eigenvalue weighted by Gasteiger charge is 2.25. The third kappa shape index (κ3) is 5.63. The number of likely N-dealkylation sites (tertiary alicyclic amines) is 1. The Morgan fingerprint density at radius 3 is 2.95 bits per heavy atom. The minimum Gasteiger partial charge on any atom is -0.338 e. The Labute approximate surface area is 131 Å². The van der Waals surface area contributed by atoms with Gasteiger partial charge in [0.2, 0.25) is 0 Å². The van der Waals surface area contributed by atoms with Crippen molar-refractivity contribution in [3.63, 3.8) is 0 Å². The van der Waals surface area contributed by atoms with E-state index in [1.807, 2.05) is 18.2 Å². The molecule has 1 aromatic heterocycles. The van der Waals surface area contributed by atoms with Gasteiger partial charge in [0.15, 0.2) is 0 Å². The minimum atomic E-state index is -2.99. The molecule has 2 rings (SSSR count). The number of rotatable bonds is 5. The van der Waals surface area contributed by atoms with Crippen molar-refractivity contribution in [3.05, 3.63) is 30.1 Å². The van der Waals surface area contributed by atoms with Crippen LogP contribution in [0.1, 0.15) is 18.5 Å². The summed E-state index contributed by atoms with van der Waals surface area (Å²) in [6, 6.07) is 5.59. The Balaban J connectivity index is 1.77. The Kier molecular flexibility index (Phi) is 5.76. The number of hydrogen-bond acceptors (Lipinski definition) is 4. The molecule has 0 aliphatic carbocycles. The molecule has 1 atom stereocenters. The molecule has 1 aliphatic heterocycles. The molecule has 2 amide bonds. The van der Waals surface area contributed by atoms with Gasteiger partial charge in [0.05, 0.1) is 5.75 Å². The highest BCUT2D eigenvalue weighted by Crippen LogP contribution is 2.18. The van der Waals surface area contributed by atoms with E-state index in [1.54, 1.807) is 11.1 Å². The summed E-state index contributed by atoms with van der Waals surface area (Å²) in [6.45, 7) is 1.74. The number of hydrogen-bond donors (Lipinski definition) is 1. The fraction of sp³-hybridized carbons (Fsp3) is 0.600. The lowest BCUT2D eigenvalue weighted by atomic mass is 10.0. The maximum atomic E-state index is 12.1. The van der Waals surface area contributed by atoms with E-state index in [9.17, 15) is 13.2 Å². The molecule has 6 nitrogen and oxygen atoms in total. The molecule has 22 heavy (non-hydrogen) atoms. The smallest absolute Gasteiger partial charge is 0.317 e. The van der Waals surface area contributed by atoms with Crippen molar-refractivity contribution in [1.82, 2.24) is 15.2 Å². The molecule has 2 heterocycles. The lowest BCUT2D eigenvalue weighted by molar-refractivity contribution is 0.170. The maximum absolute atomic E-state index is 12.1. The van der Waals surface area contributed by atoms with E-state index in [0.29, 0.717) is 26.1 Å². The van der Waals surface area contributed by atoms with Crippen LogP contribution < -0.4 is 5.32 Å². The third-order valence-corrected chi connectivity index (χ3v) is 4.81. The lowest BCUT2D eigenvalue weighted by Gasteiger charge is -2.32. The van der Waals surface area contributed by atoms with Crippen molar-refractivity contribution in [2.75, 3.05) is 31.6 Å². The summed E-state index contributed by atoms with van der Waals surface area (Å²) in [5.41, 5.74) is 0.941. The van der Waals surface area contributed by atoms with Crippen molar-refractivity contribution >= 4 is 15.9 Å². The van der Waals surface area contributed by atoms with Crippen LogP contribution in [0.15, 0.2) is 24.4 Å². The van der Waals surface area contributed by atoms with Crippen LogP contribution in [0.4, 0.5) is 4.79 Å². The van der Waals surface area contributed by atoms with Gasteiger partial charge in [-0.2, -0.15) is 0 Å². The van der Waals surface area contributed by atoms with Crippen LogP contribution in [-0.4, -0.2) is 56.0 Å². The second kappa shape index (κ2) is 7.58. The number of nitrogens with zero attached hydrogens (tertiary/aromatic N) is 2. The number of carbonyl (C=O) groups is 1. The standard InChI is InChI=1S/C15H23N3O3S/c1-22(20,21)12-13-5-4-10-18(11-13)15(19)17-9-7-14-6-2-3-8-16-14/h2-3,6,8,13H,4-5,7,9-12H2,1H3,(H,17,19). The van der Waals surface area contributed by atoms with Crippen molar-refractivity contribution in [3.8, 4) is 0 Å². The second-order valence-electron chi connectivity index (χ2n) is 5.85. The molecule has 1 saturated heterocycles. The zero-order chi connectivity index (χ0) is 16.0. The van der Waals surface area contributed by atoms with E-state index in [1.165, 1.54) is 6.26 Å². The number of amides is 2. The van der Waals surface area contributed by atoms with E-state index in [0.717, 1.165) is 18.5 Å². The number of pyridine rings is 1. The Hall–Kier alpha value is -1.63.